The fraction of sp³-hybridized carbons (Fsp3) is 0.545. The molecule has 180 valence electrons. The van der Waals surface area contributed by atoms with Gasteiger partial charge in [-0.15, -0.1) is 0 Å². The maximum atomic E-state index is 12.4. The minimum absolute atomic E-state index is 0.113. The highest BCUT2D eigenvalue weighted by Crippen LogP contribution is 2.15. The molecule has 0 saturated heterocycles. The lowest BCUT2D eigenvalue weighted by Gasteiger charge is -2.14. The van der Waals surface area contributed by atoms with Gasteiger partial charge >= 0.3 is 6.09 Å². The second-order valence-corrected chi connectivity index (χ2v) is 9.89. The quantitative estimate of drug-likeness (QED) is 0.527. The van der Waals surface area contributed by atoms with Gasteiger partial charge in [0.1, 0.15) is 16.8 Å². The summed E-state index contributed by atoms with van der Waals surface area (Å²) in [5.74, 6) is 0.829. The fourth-order valence-electron chi connectivity index (χ4n) is 3.41. The van der Waals surface area contributed by atoms with E-state index < -0.39 is 10.0 Å². The van der Waals surface area contributed by atoms with Gasteiger partial charge in [0, 0.05) is 31.7 Å². The monoisotopic (exact) mass is 476 g/mol. The van der Waals surface area contributed by atoms with Crippen molar-refractivity contribution in [2.75, 3.05) is 18.4 Å². The van der Waals surface area contributed by atoms with Crippen LogP contribution in [0.5, 0.6) is 0 Å². The molecule has 3 N–H and O–H groups in total. The largest absolute Gasteiger partial charge is 0.447 e. The van der Waals surface area contributed by atoms with Gasteiger partial charge in [0.25, 0.3) is 0 Å². The van der Waals surface area contributed by atoms with Gasteiger partial charge in [-0.2, -0.15) is 0 Å². The van der Waals surface area contributed by atoms with E-state index in [0.717, 1.165) is 56.9 Å². The number of amides is 1. The number of nitrogens with zero attached hydrogens (tertiary/aromatic N) is 3. The SMILES string of the molecule is C[C@@H]1CCCc2cnc(nc2)Nc2ccc(cn2)S(=O)(=O)NCCCCCCCNC(=O)O1. The summed E-state index contributed by atoms with van der Waals surface area (Å²) < 4.78 is 32.9. The molecule has 3 aliphatic heterocycles. The minimum Gasteiger partial charge on any atom is -0.447 e. The Bertz CT molecular complexity index is 983. The molecule has 1 atom stereocenters. The van der Waals surface area contributed by atoms with Crippen LogP contribution in [-0.2, 0) is 21.2 Å². The van der Waals surface area contributed by atoms with E-state index in [2.05, 4.69) is 30.3 Å². The van der Waals surface area contributed by atoms with Crippen molar-refractivity contribution in [3.63, 3.8) is 0 Å². The molecule has 0 aromatic carbocycles. The minimum atomic E-state index is -3.61. The Morgan fingerprint density at radius 2 is 1.67 bits per heavy atom. The highest BCUT2D eigenvalue weighted by Gasteiger charge is 2.14. The first-order valence-corrected chi connectivity index (χ1v) is 12.9. The standard InChI is InChI=1S/C22H32N6O4S/c1-17-8-7-9-18-14-25-21(26-15-18)28-20-11-10-19(16-24-20)33(30,31)27-13-6-4-2-3-5-12-23-22(29)32-17/h10-11,14-17,27H,2-9,12-13H2,1H3,(H,23,29)(H,24,25,26,28)/t17-/m1/s1. The molecule has 0 unspecified atom stereocenters. The molecule has 0 saturated carbocycles. The predicted molar refractivity (Wildman–Crippen MR) is 125 cm³/mol. The molecule has 0 fully saturated rings. The molecule has 3 aliphatic rings. The summed E-state index contributed by atoms with van der Waals surface area (Å²) in [4.78, 5) is 24.8. The Hall–Kier alpha value is -2.79. The molecule has 2 aromatic rings. The summed E-state index contributed by atoms with van der Waals surface area (Å²) >= 11 is 0. The van der Waals surface area contributed by atoms with Gasteiger partial charge in [-0.3, -0.25) is 0 Å². The van der Waals surface area contributed by atoms with Crippen LogP contribution in [0.15, 0.2) is 35.6 Å². The van der Waals surface area contributed by atoms with Crippen LogP contribution in [0.1, 0.15) is 57.4 Å². The molecular weight excluding hydrogens is 444 g/mol. The van der Waals surface area contributed by atoms with E-state index >= 15 is 0 Å². The zero-order chi connectivity index (χ0) is 23.5. The Kier molecular flexibility index (Phi) is 9.37. The number of nitrogens with one attached hydrogen (secondary N) is 3. The second-order valence-electron chi connectivity index (χ2n) is 8.12. The molecule has 0 spiro atoms. The molecule has 33 heavy (non-hydrogen) atoms. The van der Waals surface area contributed by atoms with Crippen LogP contribution in [0.4, 0.5) is 16.6 Å². The van der Waals surface area contributed by atoms with Gasteiger partial charge in [0.05, 0.1) is 0 Å². The van der Waals surface area contributed by atoms with Crippen LogP contribution in [-0.4, -0.2) is 48.7 Å². The highest BCUT2D eigenvalue weighted by atomic mass is 32.2. The summed E-state index contributed by atoms with van der Waals surface area (Å²) in [7, 11) is -3.61. The third-order valence-corrected chi connectivity index (χ3v) is 6.74. The molecule has 11 heteroatoms. The van der Waals surface area contributed by atoms with Crippen LogP contribution >= 0.6 is 0 Å². The highest BCUT2D eigenvalue weighted by molar-refractivity contribution is 7.89. The van der Waals surface area contributed by atoms with Crippen molar-refractivity contribution in [3.05, 3.63) is 36.3 Å². The number of hydrogen-bond donors (Lipinski definition) is 3. The van der Waals surface area contributed by atoms with Crippen molar-refractivity contribution in [1.82, 2.24) is 25.0 Å². The van der Waals surface area contributed by atoms with Crippen LogP contribution in [0.25, 0.3) is 0 Å². The Morgan fingerprint density at radius 1 is 0.939 bits per heavy atom. The summed E-state index contributed by atoms with van der Waals surface area (Å²) in [6.07, 6.45) is 11.0. The first-order valence-electron chi connectivity index (χ1n) is 11.4. The molecule has 5 heterocycles. The molecule has 5 rings (SSSR count). The number of aromatic nitrogens is 3. The number of hydrogen-bond acceptors (Lipinski definition) is 8. The summed E-state index contributed by atoms with van der Waals surface area (Å²) in [5, 5.41) is 5.76. The fourth-order valence-corrected chi connectivity index (χ4v) is 4.43. The number of alkyl carbamates (subject to hydrolysis) is 1. The number of carbonyl (C=O) groups excluding carboxylic acids is 1. The number of anilines is 2. The molecule has 10 nitrogen and oxygen atoms in total. The van der Waals surface area contributed by atoms with Crippen molar-refractivity contribution in [2.24, 2.45) is 0 Å². The number of pyridine rings is 1. The molecule has 1 amide bonds. The van der Waals surface area contributed by atoms with Gasteiger partial charge in [-0.1, -0.05) is 19.3 Å². The lowest BCUT2D eigenvalue weighted by Crippen LogP contribution is -2.28. The molecule has 0 aliphatic carbocycles. The van der Waals surface area contributed by atoms with Crippen LogP contribution < -0.4 is 15.4 Å². The normalized spacial score (nSPS) is 21.1. The van der Waals surface area contributed by atoms with E-state index in [0.29, 0.717) is 24.9 Å². The zero-order valence-corrected chi connectivity index (χ0v) is 19.7. The zero-order valence-electron chi connectivity index (χ0n) is 18.9. The topological polar surface area (TPSA) is 135 Å². The van der Waals surface area contributed by atoms with Gasteiger partial charge in [0.2, 0.25) is 16.0 Å². The maximum absolute atomic E-state index is 12.4. The van der Waals surface area contributed by atoms with Gasteiger partial charge < -0.3 is 15.4 Å². The van der Waals surface area contributed by atoms with Gasteiger partial charge in [0.15, 0.2) is 0 Å². The number of sulfonamides is 1. The smallest absolute Gasteiger partial charge is 0.407 e. The van der Waals surface area contributed by atoms with Crippen LogP contribution in [0.2, 0.25) is 0 Å². The summed E-state index contributed by atoms with van der Waals surface area (Å²) in [6.45, 7) is 2.83. The number of fused-ring (bicyclic) bond motifs is 2. The van der Waals surface area contributed by atoms with Crippen molar-refractivity contribution in [2.45, 2.75) is 69.3 Å². The third kappa shape index (κ3) is 8.58. The third-order valence-electron chi connectivity index (χ3n) is 5.29. The van der Waals surface area contributed by atoms with Crippen molar-refractivity contribution < 1.29 is 17.9 Å². The summed E-state index contributed by atoms with van der Waals surface area (Å²) in [5.41, 5.74) is 0.975. The first kappa shape index (κ1) is 24.8. The van der Waals surface area contributed by atoms with E-state index in [-0.39, 0.29) is 17.1 Å². The first-order chi connectivity index (χ1) is 15.9. The van der Waals surface area contributed by atoms with E-state index in [9.17, 15) is 13.2 Å². The Balaban J connectivity index is 1.63. The van der Waals surface area contributed by atoms with E-state index in [4.69, 9.17) is 4.74 Å². The molecule has 2 aromatic heterocycles. The molecule has 0 radical (unpaired) electrons. The van der Waals surface area contributed by atoms with E-state index in [1.807, 2.05) is 6.92 Å². The van der Waals surface area contributed by atoms with E-state index in [1.54, 1.807) is 18.5 Å². The Morgan fingerprint density at radius 3 is 2.39 bits per heavy atom. The average Bonchev–Trinajstić information content (AvgIpc) is 2.79. The average molecular weight is 477 g/mol. The maximum Gasteiger partial charge on any atom is 0.407 e. The lowest BCUT2D eigenvalue weighted by atomic mass is 10.1. The van der Waals surface area contributed by atoms with Crippen LogP contribution in [0, 0.1) is 0 Å². The van der Waals surface area contributed by atoms with Crippen molar-refractivity contribution in [3.8, 4) is 0 Å². The number of carbonyl (C=O) groups is 1. The molecule has 4 bridgehead atoms. The summed E-state index contributed by atoms with van der Waals surface area (Å²) in [6, 6.07) is 3.09. The molecular formula is C22H32N6O4S. The Labute approximate surface area is 195 Å². The van der Waals surface area contributed by atoms with Crippen LogP contribution in [0.3, 0.4) is 0 Å². The number of aryl methyl sites for hydroxylation is 1. The lowest BCUT2D eigenvalue weighted by molar-refractivity contribution is 0.101. The number of rotatable bonds is 0. The predicted octanol–water partition coefficient (Wildman–Crippen LogP) is 3.30. The van der Waals surface area contributed by atoms with Crippen molar-refractivity contribution >= 4 is 27.9 Å². The number of ether oxygens (including phenoxy) is 1. The van der Waals surface area contributed by atoms with Crippen molar-refractivity contribution in [1.29, 1.82) is 0 Å². The van der Waals surface area contributed by atoms with E-state index in [1.165, 1.54) is 12.3 Å². The van der Waals surface area contributed by atoms with Gasteiger partial charge in [-0.05, 0) is 56.7 Å². The second kappa shape index (κ2) is 12.4. The van der Waals surface area contributed by atoms with Gasteiger partial charge in [-0.25, -0.2) is 32.9 Å².